The Kier molecular flexibility index (Phi) is 8.98. The zero-order valence-electron chi connectivity index (χ0n) is 13.6. The molecule has 134 valence electrons. The van der Waals surface area contributed by atoms with Crippen molar-refractivity contribution in [3.63, 3.8) is 0 Å². The maximum Gasteiger partial charge on any atom is 0.222 e. The zero-order chi connectivity index (χ0) is 15.4. The van der Waals surface area contributed by atoms with E-state index in [1.807, 2.05) is 17.0 Å². The molecule has 24 heavy (non-hydrogen) atoms. The van der Waals surface area contributed by atoms with Gasteiger partial charge in [0.2, 0.25) is 5.91 Å². The van der Waals surface area contributed by atoms with Crippen molar-refractivity contribution in [1.82, 2.24) is 9.88 Å². The van der Waals surface area contributed by atoms with Gasteiger partial charge < -0.3 is 10.6 Å². The number of benzene rings is 1. The van der Waals surface area contributed by atoms with Gasteiger partial charge in [0.05, 0.1) is 15.2 Å². The van der Waals surface area contributed by atoms with Gasteiger partial charge in [-0.2, -0.15) is 0 Å². The van der Waals surface area contributed by atoms with Gasteiger partial charge in [0.1, 0.15) is 0 Å². The van der Waals surface area contributed by atoms with E-state index in [0.29, 0.717) is 13.0 Å². The standard InChI is InChI=1S/C17H23N3OS.2ClH/c18-12-13-6-5-11-20(13)17(21)10-4-3-9-16-19-14-7-1-2-8-15(14)22-16;;/h1-2,7-8,13H,3-6,9-12,18H2;2*1H. The van der Waals surface area contributed by atoms with Crippen LogP contribution in [0.3, 0.4) is 0 Å². The van der Waals surface area contributed by atoms with E-state index in [1.165, 1.54) is 9.71 Å². The predicted molar refractivity (Wildman–Crippen MR) is 105 cm³/mol. The monoisotopic (exact) mass is 389 g/mol. The highest BCUT2D eigenvalue weighted by atomic mass is 35.5. The minimum absolute atomic E-state index is 0. The van der Waals surface area contributed by atoms with Crippen LogP contribution in [0.15, 0.2) is 24.3 Å². The minimum atomic E-state index is 0. The second-order valence-corrected chi connectivity index (χ2v) is 7.02. The van der Waals surface area contributed by atoms with Crippen LogP contribution in [0.5, 0.6) is 0 Å². The first-order chi connectivity index (χ1) is 10.8. The molecule has 1 amide bonds. The highest BCUT2D eigenvalue weighted by Gasteiger charge is 2.26. The molecule has 1 fully saturated rings. The van der Waals surface area contributed by atoms with Crippen LogP contribution in [0.1, 0.15) is 37.1 Å². The number of halogens is 2. The molecule has 7 heteroatoms. The summed E-state index contributed by atoms with van der Waals surface area (Å²) >= 11 is 1.76. The number of likely N-dealkylation sites (tertiary alicyclic amines) is 1. The lowest BCUT2D eigenvalue weighted by Crippen LogP contribution is -2.39. The van der Waals surface area contributed by atoms with Crippen molar-refractivity contribution in [2.45, 2.75) is 44.6 Å². The smallest absolute Gasteiger partial charge is 0.222 e. The maximum atomic E-state index is 12.2. The van der Waals surface area contributed by atoms with E-state index in [4.69, 9.17) is 5.73 Å². The molecule has 1 saturated heterocycles. The third kappa shape index (κ3) is 5.06. The van der Waals surface area contributed by atoms with Gasteiger partial charge in [0.15, 0.2) is 0 Å². The van der Waals surface area contributed by atoms with E-state index >= 15 is 0 Å². The summed E-state index contributed by atoms with van der Waals surface area (Å²) in [5, 5.41) is 1.18. The molecule has 1 aliphatic heterocycles. The van der Waals surface area contributed by atoms with Gasteiger partial charge in [-0.25, -0.2) is 4.98 Å². The largest absolute Gasteiger partial charge is 0.338 e. The molecule has 1 atom stereocenters. The molecule has 0 radical (unpaired) electrons. The first-order valence-electron chi connectivity index (χ1n) is 8.12. The fourth-order valence-corrected chi connectivity index (χ4v) is 4.14. The number of nitrogens with zero attached hydrogens (tertiary/aromatic N) is 2. The minimum Gasteiger partial charge on any atom is -0.338 e. The SMILES string of the molecule is Cl.Cl.NCC1CCCN1C(=O)CCCCc1nc2ccccc2s1. The fourth-order valence-electron chi connectivity index (χ4n) is 3.13. The average Bonchev–Trinajstić information content (AvgIpc) is 3.16. The Bertz CT molecular complexity index is 617. The number of rotatable bonds is 6. The first-order valence-corrected chi connectivity index (χ1v) is 8.93. The number of aromatic nitrogens is 1. The van der Waals surface area contributed by atoms with Crippen molar-refractivity contribution in [2.24, 2.45) is 5.73 Å². The summed E-state index contributed by atoms with van der Waals surface area (Å²) < 4.78 is 1.25. The first kappa shape index (κ1) is 21.2. The molecular formula is C17H25Cl2N3OS. The number of fused-ring (bicyclic) bond motifs is 1. The van der Waals surface area contributed by atoms with Gasteiger partial charge in [-0.15, -0.1) is 36.2 Å². The number of para-hydroxylation sites is 1. The van der Waals surface area contributed by atoms with Crippen molar-refractivity contribution >= 4 is 52.3 Å². The fraction of sp³-hybridized carbons (Fsp3) is 0.529. The Balaban J connectivity index is 0.00000144. The van der Waals surface area contributed by atoms with Crippen molar-refractivity contribution in [1.29, 1.82) is 0 Å². The van der Waals surface area contributed by atoms with Crippen molar-refractivity contribution in [2.75, 3.05) is 13.1 Å². The summed E-state index contributed by atoms with van der Waals surface area (Å²) in [7, 11) is 0. The normalized spacial score (nSPS) is 16.7. The second kappa shape index (κ2) is 10.2. The maximum absolute atomic E-state index is 12.2. The summed E-state index contributed by atoms with van der Waals surface area (Å²) in [6.07, 6.45) is 5.72. The van der Waals surface area contributed by atoms with Gasteiger partial charge in [0.25, 0.3) is 0 Å². The summed E-state index contributed by atoms with van der Waals surface area (Å²) in [4.78, 5) is 18.8. The number of carbonyl (C=O) groups excluding carboxylic acids is 1. The van der Waals surface area contributed by atoms with Crippen molar-refractivity contribution < 1.29 is 4.79 Å². The number of thiazole rings is 1. The van der Waals surface area contributed by atoms with Crippen molar-refractivity contribution in [3.8, 4) is 0 Å². The Morgan fingerprint density at radius 2 is 2.08 bits per heavy atom. The number of unbranched alkanes of at least 4 members (excludes halogenated alkanes) is 1. The second-order valence-electron chi connectivity index (χ2n) is 5.90. The lowest BCUT2D eigenvalue weighted by atomic mass is 10.1. The molecule has 0 bridgehead atoms. The van der Waals surface area contributed by atoms with E-state index in [9.17, 15) is 4.79 Å². The van der Waals surface area contributed by atoms with E-state index in [1.54, 1.807) is 11.3 Å². The Hall–Kier alpha value is -0.880. The predicted octanol–water partition coefficient (Wildman–Crippen LogP) is 3.80. The summed E-state index contributed by atoms with van der Waals surface area (Å²) in [5.41, 5.74) is 6.81. The molecule has 2 aromatic rings. The number of hydrogen-bond donors (Lipinski definition) is 1. The van der Waals surface area contributed by atoms with E-state index in [-0.39, 0.29) is 36.8 Å². The summed E-state index contributed by atoms with van der Waals surface area (Å²) in [6.45, 7) is 1.48. The van der Waals surface area contributed by atoms with Gasteiger partial charge in [0, 0.05) is 25.6 Å². The van der Waals surface area contributed by atoms with E-state index in [0.717, 1.165) is 44.2 Å². The molecule has 0 spiro atoms. The number of carbonyl (C=O) groups is 1. The summed E-state index contributed by atoms with van der Waals surface area (Å²) in [6, 6.07) is 8.51. The quantitative estimate of drug-likeness (QED) is 0.764. The number of amides is 1. The Labute approximate surface area is 159 Å². The number of hydrogen-bond acceptors (Lipinski definition) is 4. The molecule has 1 aliphatic rings. The van der Waals surface area contributed by atoms with Gasteiger partial charge in [-0.3, -0.25) is 4.79 Å². The molecule has 0 aliphatic carbocycles. The molecule has 1 unspecified atom stereocenters. The van der Waals surface area contributed by atoms with Crippen molar-refractivity contribution in [3.05, 3.63) is 29.3 Å². The van der Waals surface area contributed by atoms with Gasteiger partial charge in [-0.05, 0) is 44.2 Å². The van der Waals surface area contributed by atoms with E-state index < -0.39 is 0 Å². The molecule has 4 nitrogen and oxygen atoms in total. The lowest BCUT2D eigenvalue weighted by molar-refractivity contribution is -0.131. The number of aryl methyl sites for hydroxylation is 1. The van der Waals surface area contributed by atoms with E-state index in [2.05, 4.69) is 17.1 Å². The zero-order valence-corrected chi connectivity index (χ0v) is 16.1. The van der Waals surface area contributed by atoms with Crippen LogP contribution < -0.4 is 5.73 Å². The molecule has 0 saturated carbocycles. The van der Waals surface area contributed by atoms with Gasteiger partial charge >= 0.3 is 0 Å². The molecule has 2 heterocycles. The van der Waals surface area contributed by atoms with Crippen LogP contribution in [-0.4, -0.2) is 34.9 Å². The number of nitrogens with two attached hydrogens (primary N) is 1. The lowest BCUT2D eigenvalue weighted by Gasteiger charge is -2.23. The van der Waals surface area contributed by atoms with Crippen LogP contribution in [0.4, 0.5) is 0 Å². The molecule has 2 N–H and O–H groups in total. The third-order valence-electron chi connectivity index (χ3n) is 4.34. The highest BCUT2D eigenvalue weighted by Crippen LogP contribution is 2.23. The molecule has 3 rings (SSSR count). The van der Waals surface area contributed by atoms with Gasteiger partial charge in [-0.1, -0.05) is 12.1 Å². The highest BCUT2D eigenvalue weighted by molar-refractivity contribution is 7.18. The summed E-state index contributed by atoms with van der Waals surface area (Å²) in [5.74, 6) is 0.275. The molecule has 1 aromatic carbocycles. The van der Waals surface area contributed by atoms with Crippen LogP contribution in [0.2, 0.25) is 0 Å². The van der Waals surface area contributed by atoms with Crippen LogP contribution in [0.25, 0.3) is 10.2 Å². The molecular weight excluding hydrogens is 365 g/mol. The van der Waals surface area contributed by atoms with Crippen LogP contribution in [0, 0.1) is 0 Å². The topological polar surface area (TPSA) is 59.2 Å². The van der Waals surface area contributed by atoms with Crippen LogP contribution >= 0.6 is 36.2 Å². The Morgan fingerprint density at radius 3 is 2.83 bits per heavy atom. The Morgan fingerprint density at radius 1 is 1.29 bits per heavy atom. The van der Waals surface area contributed by atoms with Crippen LogP contribution in [-0.2, 0) is 11.2 Å². The third-order valence-corrected chi connectivity index (χ3v) is 5.44. The molecule has 1 aromatic heterocycles. The average molecular weight is 390 g/mol.